The van der Waals surface area contributed by atoms with Gasteiger partial charge >= 0.3 is 0 Å². The largest absolute Gasteiger partial charge is 0.0773 e. The SMILES string of the molecule is CC1=C(c2cc(C)cc(C)c2)C2CC(C)C([Si](C)(C)C3C(C)CC4C(c5cc(C)cc(C)c5)=C5CCCC5=CC43)C2C=C1C(C)(C)C.CC1=Cc2c(cc(C(C)(C)C)c(C)c2-c2cc(C)cc(C)c2)C1C.CCC.C[SiH2]C1C(C)=Cc2c1cc1c(c2-c2cc(C)cc(C)c2)CCC1. The number of aryl methyl sites for hydroxylation is 9. The van der Waals surface area contributed by atoms with Crippen LogP contribution in [0.2, 0.25) is 30.7 Å². The predicted molar refractivity (Wildman–Crippen MR) is 434 cm³/mol. The van der Waals surface area contributed by atoms with E-state index >= 15 is 0 Å². The van der Waals surface area contributed by atoms with E-state index in [9.17, 15) is 0 Å². The summed E-state index contributed by atoms with van der Waals surface area (Å²) >= 11 is 0. The van der Waals surface area contributed by atoms with Crippen LogP contribution >= 0.6 is 0 Å². The smallest absolute Gasteiger partial charge is 0.0553 e. The van der Waals surface area contributed by atoms with Crippen molar-refractivity contribution < 1.29 is 0 Å². The quantitative estimate of drug-likeness (QED) is 0.140. The van der Waals surface area contributed by atoms with E-state index < -0.39 is 8.07 Å². The molecule has 0 saturated heterocycles. The Morgan fingerprint density at radius 2 is 0.918 bits per heavy atom. The second-order valence-corrected chi connectivity index (χ2v) is 42.2. The lowest BCUT2D eigenvalue weighted by atomic mass is 9.69. The molecule has 97 heavy (non-hydrogen) atoms. The van der Waals surface area contributed by atoms with Gasteiger partial charge in [0, 0.05) is 15.4 Å². The third-order valence-corrected chi connectivity index (χ3v) is 32.1. The first-order valence-electron chi connectivity index (χ1n) is 38.6. The van der Waals surface area contributed by atoms with E-state index in [-0.39, 0.29) is 20.3 Å². The summed E-state index contributed by atoms with van der Waals surface area (Å²) in [5.74, 6) is 4.74. The van der Waals surface area contributed by atoms with E-state index in [1.807, 2.05) is 0 Å². The number of hydrogen-bond donors (Lipinski definition) is 0. The van der Waals surface area contributed by atoms with Crippen LogP contribution in [0.5, 0.6) is 0 Å². The molecular formula is C95H126Si2. The van der Waals surface area contributed by atoms with E-state index in [1.165, 1.54) is 152 Å². The molecule has 0 nitrogen and oxygen atoms in total. The number of rotatable bonds is 7. The summed E-state index contributed by atoms with van der Waals surface area (Å²) in [6.45, 7) is 61.8. The first kappa shape index (κ1) is 72.4. The minimum atomic E-state index is -1.77. The minimum Gasteiger partial charge on any atom is -0.0773 e. The summed E-state index contributed by atoms with van der Waals surface area (Å²) in [5, 5.41) is 0. The fourth-order valence-corrected chi connectivity index (χ4v) is 29.6. The van der Waals surface area contributed by atoms with E-state index in [0.717, 1.165) is 28.5 Å². The van der Waals surface area contributed by atoms with Gasteiger partial charge in [0.15, 0.2) is 0 Å². The summed E-state index contributed by atoms with van der Waals surface area (Å²) in [7, 11) is -1.83. The molecule has 8 aliphatic rings. The summed E-state index contributed by atoms with van der Waals surface area (Å²) in [6.07, 6.45) is 22.4. The standard InChI is InChI=1S/C46H62Si.C24H30.C22H26Si.C3H8/c1-26-16-27(2)19-34(18-26)42-32(7)41(46(8,9)10)25-40-37(42)22-30(5)45(40)47(11,12)44-31(6)23-38-39(44)24-33-14-13-15-36(33)43(38)35-20-28(3)17-29(4)21-35;1-14-9-15(2)11-19(10-14)23-18(5)22(24(6,7)8)13-20-17(4)16(3)12-21(20)23;1-13-8-14(2)10-17(9-13)21-18-7-5-6-16(18)12-20-19(21)11-15(3)22(20)23-4;1-3-2/h16-21,24-25,30-31,37-40,44-45H,13-15,22-23H2,1-12H3;9-13,17H,1-8H3;8-12,22H,5-7,23H2,1-4H3;3H2,1-2H3. The molecule has 0 bridgehead atoms. The molecule has 8 aliphatic carbocycles. The van der Waals surface area contributed by atoms with Crippen LogP contribution in [0.4, 0.5) is 0 Å². The molecular weight excluding hydrogens is 1200 g/mol. The van der Waals surface area contributed by atoms with Crippen LogP contribution in [-0.4, -0.2) is 17.6 Å². The van der Waals surface area contributed by atoms with Crippen LogP contribution in [-0.2, 0) is 18.3 Å². The van der Waals surface area contributed by atoms with Crippen molar-refractivity contribution in [3.8, 4) is 22.3 Å². The lowest BCUT2D eigenvalue weighted by Gasteiger charge is -2.47. The number of hydrogen-bond acceptors (Lipinski definition) is 0. The molecule has 0 radical (unpaired) electrons. The van der Waals surface area contributed by atoms with Gasteiger partial charge in [-0.05, 0) is 309 Å². The van der Waals surface area contributed by atoms with Crippen molar-refractivity contribution in [2.75, 3.05) is 0 Å². The van der Waals surface area contributed by atoms with Crippen LogP contribution in [0.1, 0.15) is 253 Å². The summed E-state index contributed by atoms with van der Waals surface area (Å²) in [4.78, 5) is 0. The predicted octanol–water partition coefficient (Wildman–Crippen LogP) is 26.9. The Kier molecular flexibility index (Phi) is 20.9. The van der Waals surface area contributed by atoms with Crippen LogP contribution in [0.25, 0.3) is 45.6 Å². The summed E-state index contributed by atoms with van der Waals surface area (Å²) in [5.41, 5.74) is 48.1. The Hall–Kier alpha value is -5.81. The molecule has 2 heteroatoms. The van der Waals surface area contributed by atoms with E-state index in [2.05, 4.69) is 288 Å². The lowest BCUT2D eigenvalue weighted by molar-refractivity contribution is 0.464. The number of allylic oxidation sites excluding steroid dienone is 10. The lowest BCUT2D eigenvalue weighted by Crippen LogP contribution is -2.46. The molecule has 14 rings (SSSR count). The molecule has 3 saturated carbocycles. The van der Waals surface area contributed by atoms with E-state index in [4.69, 9.17) is 0 Å². The maximum absolute atomic E-state index is 2.88. The van der Waals surface area contributed by atoms with Crippen molar-refractivity contribution in [1.29, 1.82) is 0 Å². The first-order valence-corrected chi connectivity index (χ1v) is 44.0. The normalized spacial score (nSPS) is 24.6. The van der Waals surface area contributed by atoms with Crippen molar-refractivity contribution >= 4 is 40.9 Å². The van der Waals surface area contributed by atoms with Gasteiger partial charge in [-0.15, -0.1) is 0 Å². The Labute approximate surface area is 595 Å². The molecule has 6 aromatic carbocycles. The highest BCUT2D eigenvalue weighted by Crippen LogP contribution is 2.67. The molecule has 0 spiro atoms. The fourth-order valence-electron chi connectivity index (χ4n) is 21.8. The highest BCUT2D eigenvalue weighted by molar-refractivity contribution is 6.80. The van der Waals surface area contributed by atoms with E-state index in [0.29, 0.717) is 29.6 Å². The van der Waals surface area contributed by atoms with Crippen molar-refractivity contribution in [1.82, 2.24) is 0 Å². The van der Waals surface area contributed by atoms with Gasteiger partial charge in [-0.1, -0.05) is 267 Å². The van der Waals surface area contributed by atoms with Crippen molar-refractivity contribution in [2.45, 2.75) is 265 Å². The fraction of sp³-hybridized carbons (Fsp3) is 0.495. The van der Waals surface area contributed by atoms with Crippen LogP contribution in [0.3, 0.4) is 0 Å². The van der Waals surface area contributed by atoms with E-state index in [1.54, 1.807) is 72.4 Å². The topological polar surface area (TPSA) is 0 Å². The third-order valence-electron chi connectivity index (χ3n) is 24.9. The van der Waals surface area contributed by atoms with Gasteiger partial charge in [-0.25, -0.2) is 0 Å². The van der Waals surface area contributed by atoms with Crippen molar-refractivity contribution in [3.63, 3.8) is 0 Å². The number of benzene rings is 6. The van der Waals surface area contributed by atoms with Crippen LogP contribution in [0.15, 0.2) is 131 Å². The molecule has 10 atom stereocenters. The zero-order valence-electron chi connectivity index (χ0n) is 65.7. The molecule has 0 aliphatic heterocycles. The Balaban J connectivity index is 0.000000160. The van der Waals surface area contributed by atoms with Gasteiger partial charge in [0.25, 0.3) is 0 Å². The second-order valence-electron chi connectivity index (χ2n) is 35.6. The molecule has 0 N–H and O–H groups in total. The molecule has 0 aromatic heterocycles. The highest BCUT2D eigenvalue weighted by atomic mass is 28.3. The Morgan fingerprint density at radius 1 is 0.474 bits per heavy atom. The Bertz CT molecular complexity index is 4160. The van der Waals surface area contributed by atoms with Gasteiger partial charge < -0.3 is 0 Å². The summed E-state index contributed by atoms with van der Waals surface area (Å²) in [6, 6.07) is 33.8. The highest BCUT2D eigenvalue weighted by Gasteiger charge is 2.59. The van der Waals surface area contributed by atoms with Crippen LogP contribution < -0.4 is 0 Å². The second kappa shape index (κ2) is 28.0. The maximum atomic E-state index is 2.88. The van der Waals surface area contributed by atoms with Gasteiger partial charge in [-0.3, -0.25) is 0 Å². The zero-order valence-corrected chi connectivity index (χ0v) is 68.2. The van der Waals surface area contributed by atoms with Crippen LogP contribution in [0, 0.1) is 103 Å². The minimum absolute atomic E-state index is 0.0610. The van der Waals surface area contributed by atoms with Crippen molar-refractivity contribution in [2.24, 2.45) is 40.9 Å². The molecule has 0 amide bonds. The molecule has 3 fully saturated rings. The van der Waals surface area contributed by atoms with Gasteiger partial charge in [0.1, 0.15) is 0 Å². The monoisotopic (exact) mass is 1320 g/mol. The van der Waals surface area contributed by atoms with Crippen molar-refractivity contribution in [3.05, 3.63) is 231 Å². The maximum Gasteiger partial charge on any atom is 0.0553 e. The van der Waals surface area contributed by atoms with Gasteiger partial charge in [0.2, 0.25) is 0 Å². The molecule has 514 valence electrons. The first-order chi connectivity index (χ1) is 45.6. The third kappa shape index (κ3) is 14.0. The van der Waals surface area contributed by atoms with Gasteiger partial charge in [-0.2, -0.15) is 0 Å². The average Bonchev–Trinajstić information content (AvgIpc) is 1.59. The molecule has 0 heterocycles. The molecule has 10 unspecified atom stereocenters. The zero-order chi connectivity index (χ0) is 70.4. The summed E-state index contributed by atoms with van der Waals surface area (Å²) < 4.78 is 0. The number of fused-ring (bicyclic) bond motifs is 6. The molecule has 6 aromatic rings. The average molecular weight is 1320 g/mol. The Morgan fingerprint density at radius 3 is 1.41 bits per heavy atom. The van der Waals surface area contributed by atoms with Gasteiger partial charge in [0.05, 0.1) is 8.07 Å².